The molecule has 224 valence electrons. The molecule has 7 aromatic carbocycles. The van der Waals surface area contributed by atoms with Crippen LogP contribution >= 0.6 is 11.3 Å². The van der Waals surface area contributed by atoms with E-state index in [1.54, 1.807) is 11.3 Å². The number of para-hydroxylation sites is 1. The van der Waals surface area contributed by atoms with Crippen molar-refractivity contribution < 1.29 is 0 Å². The fourth-order valence-corrected chi connectivity index (χ4v) is 8.27. The largest absolute Gasteiger partial charge is 0.309 e. The minimum atomic E-state index is 0.665. The molecule has 0 N–H and O–H groups in total. The molecule has 0 unspecified atom stereocenters. The van der Waals surface area contributed by atoms with Crippen LogP contribution in [-0.4, -0.2) is 19.5 Å². The van der Waals surface area contributed by atoms with E-state index in [1.807, 2.05) is 60.7 Å². The van der Waals surface area contributed by atoms with E-state index in [4.69, 9.17) is 15.0 Å². The molecule has 3 heterocycles. The van der Waals surface area contributed by atoms with Gasteiger partial charge in [0, 0.05) is 58.7 Å². The number of nitrogens with zero attached hydrogens (tertiary/aromatic N) is 4. The molecule has 0 aliphatic rings. The Bertz CT molecular complexity index is 2780. The first-order valence-electron chi connectivity index (χ1n) is 16.0. The number of benzene rings is 7. The molecule has 10 rings (SSSR count). The van der Waals surface area contributed by atoms with E-state index < -0.39 is 0 Å². The van der Waals surface area contributed by atoms with Gasteiger partial charge in [-0.3, -0.25) is 0 Å². The SMILES string of the molecule is c1ccc(-c2nc(-c3ccccc3)nc(-c3cccc4c3sc3cc(-n5c6ccccc6c6ccc7ccccc7c65)ccc34)n2)cc1. The molecule has 3 aromatic heterocycles. The molecule has 48 heavy (non-hydrogen) atoms. The highest BCUT2D eigenvalue weighted by Gasteiger charge is 2.19. The first-order chi connectivity index (χ1) is 23.8. The van der Waals surface area contributed by atoms with Crippen molar-refractivity contribution in [2.24, 2.45) is 0 Å². The zero-order valence-electron chi connectivity index (χ0n) is 25.7. The molecule has 0 saturated carbocycles. The minimum absolute atomic E-state index is 0.665. The van der Waals surface area contributed by atoms with Gasteiger partial charge in [-0.25, -0.2) is 15.0 Å². The predicted molar refractivity (Wildman–Crippen MR) is 201 cm³/mol. The maximum atomic E-state index is 5.06. The van der Waals surface area contributed by atoms with Crippen molar-refractivity contribution in [1.82, 2.24) is 19.5 Å². The summed E-state index contributed by atoms with van der Waals surface area (Å²) in [5.74, 6) is 2.01. The van der Waals surface area contributed by atoms with Crippen LogP contribution in [0, 0.1) is 0 Å². The van der Waals surface area contributed by atoms with E-state index in [0.717, 1.165) is 22.4 Å². The highest BCUT2D eigenvalue weighted by Crippen LogP contribution is 2.42. The Balaban J connectivity index is 1.20. The molecule has 5 heteroatoms. The maximum Gasteiger partial charge on any atom is 0.165 e. The first kappa shape index (κ1) is 27.0. The lowest BCUT2D eigenvalue weighted by Crippen LogP contribution is -2.00. The second-order valence-corrected chi connectivity index (χ2v) is 13.1. The average Bonchev–Trinajstić information content (AvgIpc) is 3.71. The van der Waals surface area contributed by atoms with Crippen molar-refractivity contribution >= 4 is 64.1 Å². The Labute approximate surface area is 280 Å². The van der Waals surface area contributed by atoms with E-state index in [1.165, 1.54) is 52.8 Å². The lowest BCUT2D eigenvalue weighted by Gasteiger charge is -2.10. The normalized spacial score (nSPS) is 11.8. The average molecular weight is 631 g/mol. The summed E-state index contributed by atoms with van der Waals surface area (Å²) in [6.45, 7) is 0. The third-order valence-electron chi connectivity index (χ3n) is 9.24. The Hall–Kier alpha value is -6.17. The third kappa shape index (κ3) is 4.18. The van der Waals surface area contributed by atoms with Gasteiger partial charge in [0.25, 0.3) is 0 Å². The van der Waals surface area contributed by atoms with Crippen LogP contribution in [0.5, 0.6) is 0 Å². The van der Waals surface area contributed by atoms with Crippen LogP contribution in [0.1, 0.15) is 0 Å². The first-order valence-corrected chi connectivity index (χ1v) is 16.9. The van der Waals surface area contributed by atoms with Gasteiger partial charge in [0.05, 0.1) is 11.0 Å². The van der Waals surface area contributed by atoms with E-state index >= 15 is 0 Å². The van der Waals surface area contributed by atoms with Gasteiger partial charge >= 0.3 is 0 Å². The van der Waals surface area contributed by atoms with Crippen LogP contribution in [0.15, 0.2) is 158 Å². The molecular weight excluding hydrogens is 605 g/mol. The molecule has 0 spiro atoms. The van der Waals surface area contributed by atoms with Crippen molar-refractivity contribution in [2.45, 2.75) is 0 Å². The maximum absolute atomic E-state index is 5.06. The summed E-state index contributed by atoms with van der Waals surface area (Å²) >= 11 is 1.80. The molecule has 10 aromatic rings. The number of aromatic nitrogens is 4. The van der Waals surface area contributed by atoms with Gasteiger partial charge < -0.3 is 4.57 Å². The molecule has 0 radical (unpaired) electrons. The van der Waals surface area contributed by atoms with E-state index in [-0.39, 0.29) is 0 Å². The summed E-state index contributed by atoms with van der Waals surface area (Å²) in [7, 11) is 0. The Morgan fingerprint density at radius 1 is 0.438 bits per heavy atom. The molecule has 0 amide bonds. The van der Waals surface area contributed by atoms with Gasteiger partial charge in [-0.15, -0.1) is 11.3 Å². The fourth-order valence-electron chi connectivity index (χ4n) is 7.03. The molecular formula is C43H26N4S. The number of hydrogen-bond donors (Lipinski definition) is 0. The monoisotopic (exact) mass is 630 g/mol. The van der Waals surface area contributed by atoms with Gasteiger partial charge in [0.15, 0.2) is 17.5 Å². The summed E-state index contributed by atoms with van der Waals surface area (Å²) in [5.41, 5.74) is 6.53. The van der Waals surface area contributed by atoms with Crippen LogP contribution in [0.3, 0.4) is 0 Å². The standard InChI is InChI=1S/C43H26N4S/c1-3-13-28(14-4-1)41-44-42(29-15-5-2-6-16-29)46-43(45-41)36-20-11-19-35-33-25-23-30(26-38(33)48-40(35)36)47-37-21-10-9-18-32(37)34-24-22-27-12-7-8-17-31(27)39(34)47/h1-26H. The van der Waals surface area contributed by atoms with Crippen molar-refractivity contribution in [1.29, 1.82) is 0 Å². The topological polar surface area (TPSA) is 43.6 Å². The number of thiophene rings is 1. The molecule has 0 aliphatic heterocycles. The predicted octanol–water partition coefficient (Wildman–Crippen LogP) is 11.5. The number of hydrogen-bond acceptors (Lipinski definition) is 4. The van der Waals surface area contributed by atoms with Crippen LogP contribution in [-0.2, 0) is 0 Å². The van der Waals surface area contributed by atoms with E-state index in [2.05, 4.69) is 102 Å². The summed E-state index contributed by atoms with van der Waals surface area (Å²) in [6.07, 6.45) is 0. The second-order valence-electron chi connectivity index (χ2n) is 12.0. The van der Waals surface area contributed by atoms with Crippen molar-refractivity contribution in [3.8, 4) is 39.9 Å². The van der Waals surface area contributed by atoms with Crippen LogP contribution in [0.25, 0.3) is 92.6 Å². The summed E-state index contributed by atoms with van der Waals surface area (Å²) in [4.78, 5) is 15.0. The molecule has 0 atom stereocenters. The van der Waals surface area contributed by atoms with Crippen molar-refractivity contribution in [3.63, 3.8) is 0 Å². The van der Waals surface area contributed by atoms with Crippen LogP contribution in [0.2, 0.25) is 0 Å². The lowest BCUT2D eigenvalue weighted by atomic mass is 10.1. The Kier molecular flexibility index (Phi) is 6.01. The lowest BCUT2D eigenvalue weighted by molar-refractivity contribution is 1.08. The van der Waals surface area contributed by atoms with Gasteiger partial charge in [0.1, 0.15) is 0 Å². The molecule has 0 aliphatic carbocycles. The van der Waals surface area contributed by atoms with E-state index in [0.29, 0.717) is 17.5 Å². The third-order valence-corrected chi connectivity index (χ3v) is 10.4. The molecule has 0 bridgehead atoms. The van der Waals surface area contributed by atoms with Crippen LogP contribution in [0.4, 0.5) is 0 Å². The summed E-state index contributed by atoms with van der Waals surface area (Å²) < 4.78 is 4.82. The Morgan fingerprint density at radius 2 is 1.06 bits per heavy atom. The van der Waals surface area contributed by atoms with Crippen LogP contribution < -0.4 is 0 Å². The minimum Gasteiger partial charge on any atom is -0.309 e. The quantitative estimate of drug-likeness (QED) is 0.194. The number of fused-ring (bicyclic) bond motifs is 8. The highest BCUT2D eigenvalue weighted by molar-refractivity contribution is 7.26. The molecule has 0 saturated heterocycles. The van der Waals surface area contributed by atoms with Gasteiger partial charge in [-0.1, -0.05) is 133 Å². The van der Waals surface area contributed by atoms with Gasteiger partial charge in [-0.05, 0) is 29.7 Å². The smallest absolute Gasteiger partial charge is 0.165 e. The van der Waals surface area contributed by atoms with Crippen molar-refractivity contribution in [2.75, 3.05) is 0 Å². The second kappa shape index (κ2) is 10.7. The van der Waals surface area contributed by atoms with Gasteiger partial charge in [-0.2, -0.15) is 0 Å². The molecule has 0 fully saturated rings. The highest BCUT2D eigenvalue weighted by atomic mass is 32.1. The number of rotatable bonds is 4. The molecule has 4 nitrogen and oxygen atoms in total. The van der Waals surface area contributed by atoms with Crippen molar-refractivity contribution in [3.05, 3.63) is 158 Å². The fraction of sp³-hybridized carbons (Fsp3) is 0. The zero-order chi connectivity index (χ0) is 31.6. The summed E-state index contributed by atoms with van der Waals surface area (Å²) in [5, 5.41) is 7.45. The Morgan fingerprint density at radius 3 is 1.83 bits per heavy atom. The zero-order valence-corrected chi connectivity index (χ0v) is 26.5. The summed E-state index contributed by atoms with van der Waals surface area (Å²) in [6, 6.07) is 55.5. The van der Waals surface area contributed by atoms with E-state index in [9.17, 15) is 0 Å². The van der Waals surface area contributed by atoms with Gasteiger partial charge in [0.2, 0.25) is 0 Å².